The van der Waals surface area contributed by atoms with Gasteiger partial charge in [0.2, 0.25) is 0 Å². The van der Waals surface area contributed by atoms with Crippen LogP contribution in [0.15, 0.2) is 18.2 Å². The first kappa shape index (κ1) is 11.9. The summed E-state index contributed by atoms with van der Waals surface area (Å²) in [4.78, 5) is 11.3. The zero-order valence-electron chi connectivity index (χ0n) is 9.31. The summed E-state index contributed by atoms with van der Waals surface area (Å²) in [6, 6.07) is 4.00. The van der Waals surface area contributed by atoms with E-state index >= 15 is 0 Å². The Hall–Kier alpha value is -1.62. The number of methoxy groups -OCH3 is 1. The highest BCUT2D eigenvalue weighted by Crippen LogP contribution is 2.45. The second-order valence-electron chi connectivity index (χ2n) is 4.30. The van der Waals surface area contributed by atoms with Crippen LogP contribution in [0, 0.1) is 5.82 Å². The Kier molecular flexibility index (Phi) is 2.79. The largest absolute Gasteiger partial charge is 0.494 e. The van der Waals surface area contributed by atoms with E-state index in [-0.39, 0.29) is 18.6 Å². The van der Waals surface area contributed by atoms with Gasteiger partial charge in [-0.2, -0.15) is 0 Å². The number of ether oxygens (including phenoxy) is 1. The molecule has 0 heterocycles. The Bertz CT molecular complexity index is 452. The molecule has 1 aliphatic rings. The van der Waals surface area contributed by atoms with Crippen molar-refractivity contribution in [3.8, 4) is 5.75 Å². The molecule has 0 aromatic heterocycles. The number of rotatable bonds is 3. The van der Waals surface area contributed by atoms with Crippen LogP contribution in [-0.4, -0.2) is 29.4 Å². The van der Waals surface area contributed by atoms with Gasteiger partial charge in [0.05, 0.1) is 18.6 Å². The van der Waals surface area contributed by atoms with Crippen LogP contribution in [0.3, 0.4) is 0 Å². The molecule has 1 saturated carbocycles. The minimum Gasteiger partial charge on any atom is -0.494 e. The summed E-state index contributed by atoms with van der Waals surface area (Å²) in [7, 11) is 1.32. The van der Waals surface area contributed by atoms with E-state index in [0.717, 1.165) is 0 Å². The molecular weight excluding hydrogens is 227 g/mol. The lowest BCUT2D eigenvalue weighted by molar-refractivity contribution is -0.152. The van der Waals surface area contributed by atoms with E-state index in [1.807, 2.05) is 0 Å². The van der Waals surface area contributed by atoms with Gasteiger partial charge in [0.1, 0.15) is 0 Å². The molecule has 0 radical (unpaired) electrons. The highest BCUT2D eigenvalue weighted by Gasteiger charge is 2.51. The predicted molar refractivity (Wildman–Crippen MR) is 57.5 cm³/mol. The lowest BCUT2D eigenvalue weighted by Gasteiger charge is -2.42. The molecule has 5 heteroatoms. The summed E-state index contributed by atoms with van der Waals surface area (Å²) in [6.45, 7) is 0. The van der Waals surface area contributed by atoms with Gasteiger partial charge < -0.3 is 14.9 Å². The molecule has 0 atom stereocenters. The van der Waals surface area contributed by atoms with Crippen molar-refractivity contribution in [1.29, 1.82) is 0 Å². The molecule has 1 aliphatic carbocycles. The smallest absolute Gasteiger partial charge is 0.314 e. The Morgan fingerprint density at radius 3 is 2.65 bits per heavy atom. The van der Waals surface area contributed by atoms with Crippen molar-refractivity contribution in [3.63, 3.8) is 0 Å². The normalized spacial score (nSPS) is 27.4. The van der Waals surface area contributed by atoms with E-state index in [1.165, 1.54) is 25.3 Å². The molecule has 0 amide bonds. The number of carboxylic acids is 1. The second-order valence-corrected chi connectivity index (χ2v) is 4.30. The third kappa shape index (κ3) is 1.76. The summed E-state index contributed by atoms with van der Waals surface area (Å²) in [5, 5.41) is 18.5. The quantitative estimate of drug-likeness (QED) is 0.836. The van der Waals surface area contributed by atoms with Crippen molar-refractivity contribution in [3.05, 3.63) is 29.6 Å². The van der Waals surface area contributed by atoms with Crippen LogP contribution in [0.5, 0.6) is 5.75 Å². The highest BCUT2D eigenvalue weighted by atomic mass is 19.1. The molecule has 4 nitrogen and oxygen atoms in total. The number of benzene rings is 1. The van der Waals surface area contributed by atoms with Crippen molar-refractivity contribution in [1.82, 2.24) is 0 Å². The fraction of sp³-hybridized carbons (Fsp3) is 0.417. The first-order chi connectivity index (χ1) is 7.99. The number of aliphatic hydroxyl groups is 1. The fourth-order valence-corrected chi connectivity index (χ4v) is 2.24. The number of carboxylic acid groups (broad SMARTS) is 1. The van der Waals surface area contributed by atoms with Gasteiger partial charge >= 0.3 is 5.97 Å². The highest BCUT2D eigenvalue weighted by molar-refractivity contribution is 5.83. The maximum atomic E-state index is 13.2. The molecular formula is C12H13FO4. The van der Waals surface area contributed by atoms with Gasteiger partial charge in [-0.3, -0.25) is 4.79 Å². The number of halogens is 1. The van der Waals surface area contributed by atoms with E-state index in [0.29, 0.717) is 5.56 Å². The monoisotopic (exact) mass is 240 g/mol. The summed E-state index contributed by atoms with van der Waals surface area (Å²) >= 11 is 0. The molecule has 0 unspecified atom stereocenters. The molecule has 0 saturated heterocycles. The van der Waals surface area contributed by atoms with Gasteiger partial charge in [-0.25, -0.2) is 4.39 Å². The fourth-order valence-electron chi connectivity index (χ4n) is 2.24. The van der Waals surface area contributed by atoms with E-state index in [9.17, 15) is 19.4 Å². The van der Waals surface area contributed by atoms with Crippen LogP contribution in [0.1, 0.15) is 18.4 Å². The lowest BCUT2D eigenvalue weighted by Crippen LogP contribution is -2.50. The van der Waals surface area contributed by atoms with Crippen LogP contribution < -0.4 is 4.74 Å². The molecule has 0 spiro atoms. The topological polar surface area (TPSA) is 66.8 Å². The molecule has 1 aromatic carbocycles. The van der Waals surface area contributed by atoms with Crippen LogP contribution in [0.25, 0.3) is 0 Å². The SMILES string of the molecule is COc1cc(C2(C(=O)O)CC(O)C2)ccc1F. The molecule has 2 rings (SSSR count). The van der Waals surface area contributed by atoms with Gasteiger partial charge in [-0.05, 0) is 30.5 Å². The zero-order chi connectivity index (χ0) is 12.6. The van der Waals surface area contributed by atoms with Gasteiger partial charge in [0, 0.05) is 0 Å². The second kappa shape index (κ2) is 4.00. The first-order valence-corrected chi connectivity index (χ1v) is 5.25. The lowest BCUT2D eigenvalue weighted by atomic mass is 9.63. The number of aliphatic hydroxyl groups excluding tert-OH is 1. The number of aliphatic carboxylic acids is 1. The average molecular weight is 240 g/mol. The Morgan fingerprint density at radius 1 is 1.53 bits per heavy atom. The van der Waals surface area contributed by atoms with E-state index < -0.39 is 23.3 Å². The third-order valence-corrected chi connectivity index (χ3v) is 3.28. The molecule has 2 N–H and O–H groups in total. The van der Waals surface area contributed by atoms with Crippen molar-refractivity contribution >= 4 is 5.97 Å². The first-order valence-electron chi connectivity index (χ1n) is 5.25. The summed E-state index contributed by atoms with van der Waals surface area (Å²) in [5.74, 6) is -1.52. The number of carbonyl (C=O) groups is 1. The van der Waals surface area contributed by atoms with Crippen molar-refractivity contribution in [2.24, 2.45) is 0 Å². The van der Waals surface area contributed by atoms with E-state index in [1.54, 1.807) is 0 Å². The van der Waals surface area contributed by atoms with Crippen molar-refractivity contribution in [2.45, 2.75) is 24.4 Å². The van der Waals surface area contributed by atoms with Gasteiger partial charge in [-0.15, -0.1) is 0 Å². The number of hydrogen-bond donors (Lipinski definition) is 2. The van der Waals surface area contributed by atoms with Crippen LogP contribution in [0.2, 0.25) is 0 Å². The van der Waals surface area contributed by atoms with Crippen LogP contribution in [0.4, 0.5) is 4.39 Å². The third-order valence-electron chi connectivity index (χ3n) is 3.28. The van der Waals surface area contributed by atoms with Crippen LogP contribution >= 0.6 is 0 Å². The molecule has 1 fully saturated rings. The minimum atomic E-state index is -1.11. The maximum Gasteiger partial charge on any atom is 0.314 e. The molecule has 0 bridgehead atoms. The molecule has 1 aromatic rings. The standard InChI is InChI=1S/C12H13FO4/c1-17-10-4-7(2-3-9(10)13)12(11(15)16)5-8(14)6-12/h2-4,8,14H,5-6H2,1H3,(H,15,16). The Balaban J connectivity index is 2.41. The summed E-state index contributed by atoms with van der Waals surface area (Å²) in [6.07, 6.45) is -0.309. The number of hydrogen-bond acceptors (Lipinski definition) is 3. The van der Waals surface area contributed by atoms with Crippen LogP contribution in [-0.2, 0) is 10.2 Å². The average Bonchev–Trinajstić information content (AvgIpc) is 2.25. The van der Waals surface area contributed by atoms with Gasteiger partial charge in [-0.1, -0.05) is 6.07 Å². The van der Waals surface area contributed by atoms with E-state index in [4.69, 9.17) is 4.74 Å². The predicted octanol–water partition coefficient (Wildman–Crippen LogP) is 1.31. The van der Waals surface area contributed by atoms with Crippen molar-refractivity contribution < 1.29 is 24.1 Å². The van der Waals surface area contributed by atoms with Crippen molar-refractivity contribution in [2.75, 3.05) is 7.11 Å². The van der Waals surface area contributed by atoms with Gasteiger partial charge in [0.25, 0.3) is 0 Å². The Morgan fingerprint density at radius 2 is 2.18 bits per heavy atom. The summed E-state index contributed by atoms with van der Waals surface area (Å²) in [5.41, 5.74) is -0.644. The zero-order valence-corrected chi connectivity index (χ0v) is 9.31. The van der Waals surface area contributed by atoms with E-state index in [2.05, 4.69) is 0 Å². The maximum absolute atomic E-state index is 13.2. The minimum absolute atomic E-state index is 0.0181. The Labute approximate surface area is 97.6 Å². The molecule has 92 valence electrons. The molecule has 0 aliphatic heterocycles. The molecule has 17 heavy (non-hydrogen) atoms. The van der Waals surface area contributed by atoms with Gasteiger partial charge in [0.15, 0.2) is 11.6 Å². The summed E-state index contributed by atoms with van der Waals surface area (Å²) < 4.78 is 18.1.